The average molecular weight is 693 g/mol. The molecule has 0 saturated carbocycles. The van der Waals surface area contributed by atoms with Crippen LogP contribution in [-0.2, 0) is 18.9 Å². The number of morpholine rings is 3. The second-order valence-corrected chi connectivity index (χ2v) is 14.4. The number of anilines is 3. The number of aliphatic hydroxyl groups excluding tert-OH is 1. The molecule has 266 valence electrons. The molecule has 5 atom stereocenters. The normalized spacial score (nSPS) is 24.0. The number of thioether (sulfide) groups is 1. The minimum Gasteiger partial charge on any atom is -0.394 e. The third-order valence-corrected chi connectivity index (χ3v) is 10.3. The maximum Gasteiger partial charge on any atom is 0.0984 e. The first-order valence-electron chi connectivity index (χ1n) is 17.6. The Balaban J connectivity index is 1.14. The van der Waals surface area contributed by atoms with Crippen LogP contribution in [0.4, 0.5) is 17.1 Å². The summed E-state index contributed by atoms with van der Waals surface area (Å²) in [5.41, 5.74) is 5.30. The number of aromatic nitrogens is 3. The minimum atomic E-state index is -0.288. The van der Waals surface area contributed by atoms with Crippen LogP contribution in [0.3, 0.4) is 0 Å². The van der Waals surface area contributed by atoms with Crippen LogP contribution in [0, 0.1) is 0 Å². The van der Waals surface area contributed by atoms with Crippen molar-refractivity contribution in [3.8, 4) is 0 Å². The van der Waals surface area contributed by atoms with Crippen LogP contribution >= 0.6 is 11.8 Å². The molecular formula is C37H52N6O5S. The zero-order chi connectivity index (χ0) is 34.2. The van der Waals surface area contributed by atoms with Crippen LogP contribution in [0.25, 0.3) is 0 Å². The molecule has 11 nitrogen and oxygen atoms in total. The summed E-state index contributed by atoms with van der Waals surface area (Å²) in [5.74, 6) is 0.360. The number of ether oxygens (including phenoxy) is 4. The first-order valence-corrected chi connectivity index (χ1v) is 18.8. The molecule has 6 rings (SSSR count). The Kier molecular flexibility index (Phi) is 12.6. The summed E-state index contributed by atoms with van der Waals surface area (Å²) in [6.45, 7) is 13.2. The van der Waals surface area contributed by atoms with Crippen molar-refractivity contribution >= 4 is 28.8 Å². The summed E-state index contributed by atoms with van der Waals surface area (Å²) in [6.07, 6.45) is 8.16. The van der Waals surface area contributed by atoms with E-state index >= 15 is 0 Å². The maximum absolute atomic E-state index is 10.2. The molecule has 0 aliphatic carbocycles. The van der Waals surface area contributed by atoms with Gasteiger partial charge in [-0.2, -0.15) is 0 Å². The van der Waals surface area contributed by atoms with Gasteiger partial charge in [0.15, 0.2) is 0 Å². The van der Waals surface area contributed by atoms with Crippen LogP contribution in [0.2, 0.25) is 0 Å². The van der Waals surface area contributed by atoms with Crippen molar-refractivity contribution in [2.75, 3.05) is 93.3 Å². The van der Waals surface area contributed by atoms with Crippen LogP contribution < -0.4 is 14.7 Å². The molecule has 49 heavy (non-hydrogen) atoms. The predicted molar refractivity (Wildman–Crippen MR) is 194 cm³/mol. The number of pyridine rings is 3. The van der Waals surface area contributed by atoms with Crippen LogP contribution in [0.5, 0.6) is 0 Å². The van der Waals surface area contributed by atoms with E-state index in [9.17, 15) is 5.11 Å². The summed E-state index contributed by atoms with van der Waals surface area (Å²) in [5, 5.41) is 11.2. The molecule has 3 aliphatic heterocycles. The Morgan fingerprint density at radius 1 is 0.857 bits per heavy atom. The summed E-state index contributed by atoms with van der Waals surface area (Å²) in [4.78, 5) is 21.2. The number of aliphatic hydroxyl groups is 1. The highest BCUT2D eigenvalue weighted by Gasteiger charge is 2.32. The van der Waals surface area contributed by atoms with Crippen molar-refractivity contribution in [3.63, 3.8) is 0 Å². The molecule has 3 saturated heterocycles. The van der Waals surface area contributed by atoms with E-state index in [2.05, 4.69) is 76.9 Å². The highest BCUT2D eigenvalue weighted by atomic mass is 32.2. The van der Waals surface area contributed by atoms with Crippen LogP contribution in [0.15, 0.2) is 60.0 Å². The Morgan fingerprint density at radius 3 is 2.27 bits per heavy atom. The second-order valence-electron chi connectivity index (χ2n) is 13.6. The van der Waals surface area contributed by atoms with Gasteiger partial charge in [-0.25, -0.2) is 4.98 Å². The number of hydrogen-bond donors (Lipinski definition) is 1. The van der Waals surface area contributed by atoms with Gasteiger partial charge in [-0.1, -0.05) is 13.8 Å². The lowest BCUT2D eigenvalue weighted by atomic mass is 9.96. The van der Waals surface area contributed by atoms with Gasteiger partial charge < -0.3 is 38.8 Å². The summed E-state index contributed by atoms with van der Waals surface area (Å²) in [6, 6.07) is 13.0. The van der Waals surface area contributed by atoms with Crippen molar-refractivity contribution < 1.29 is 24.1 Å². The summed E-state index contributed by atoms with van der Waals surface area (Å²) in [7, 11) is 0. The molecule has 0 bridgehead atoms. The Morgan fingerprint density at radius 2 is 1.57 bits per heavy atom. The molecule has 3 fully saturated rings. The van der Waals surface area contributed by atoms with E-state index < -0.39 is 0 Å². The van der Waals surface area contributed by atoms with Gasteiger partial charge in [-0.3, -0.25) is 9.97 Å². The molecule has 3 aliphatic rings. The zero-order valence-corrected chi connectivity index (χ0v) is 30.1. The molecule has 12 heteroatoms. The van der Waals surface area contributed by atoms with E-state index in [1.54, 1.807) is 11.8 Å². The highest BCUT2D eigenvalue weighted by molar-refractivity contribution is 7.98. The van der Waals surface area contributed by atoms with Crippen molar-refractivity contribution in [1.29, 1.82) is 0 Å². The maximum atomic E-state index is 10.2. The molecule has 3 aromatic heterocycles. The van der Waals surface area contributed by atoms with Gasteiger partial charge in [0.05, 0.1) is 98.6 Å². The number of hydrogen-bond acceptors (Lipinski definition) is 12. The molecule has 3 unspecified atom stereocenters. The fourth-order valence-corrected chi connectivity index (χ4v) is 7.24. The van der Waals surface area contributed by atoms with Crippen LogP contribution in [-0.4, -0.2) is 123 Å². The first-order chi connectivity index (χ1) is 23.9. The standard InChI is InChI=1S/C37H52N6O5S/c1-26(2)35-8-5-30(16-38-35)42-19-32(48-33(20-42)22-44)15-28(36-9-6-31(18-39-36)43-12-13-45-23-27(43)3)24-46-25-34-21-41(11-14-47-34)29-7-10-37(49-4)40-17-29/h5-10,16-18,26-28,32-34,44H,11-15,19-25H2,1-4H3/t27-,28?,32?,33+,34?/m1/s1. The van der Waals surface area contributed by atoms with Gasteiger partial charge in [0.1, 0.15) is 0 Å². The summed E-state index contributed by atoms with van der Waals surface area (Å²) >= 11 is 1.64. The van der Waals surface area contributed by atoms with Gasteiger partial charge in [-0.15, -0.1) is 11.8 Å². The van der Waals surface area contributed by atoms with Crippen molar-refractivity contribution in [2.24, 2.45) is 0 Å². The third-order valence-electron chi connectivity index (χ3n) is 9.66. The van der Waals surface area contributed by atoms with Gasteiger partial charge in [0.2, 0.25) is 0 Å². The highest BCUT2D eigenvalue weighted by Crippen LogP contribution is 2.30. The Hall–Kier alpha value is -3.00. The van der Waals surface area contributed by atoms with Crippen molar-refractivity contribution in [1.82, 2.24) is 15.0 Å². The van der Waals surface area contributed by atoms with Crippen molar-refractivity contribution in [2.45, 2.75) is 68.4 Å². The van der Waals surface area contributed by atoms with E-state index in [4.69, 9.17) is 28.9 Å². The summed E-state index contributed by atoms with van der Waals surface area (Å²) < 4.78 is 24.7. The number of rotatable bonds is 13. The van der Waals surface area contributed by atoms with Gasteiger partial charge in [-0.05, 0) is 61.9 Å². The largest absolute Gasteiger partial charge is 0.394 e. The molecule has 0 amide bonds. The fourth-order valence-electron chi connectivity index (χ4n) is 6.88. The van der Waals surface area contributed by atoms with E-state index in [0.717, 1.165) is 66.3 Å². The molecule has 3 aromatic rings. The Labute approximate surface area is 295 Å². The topological polar surface area (TPSA) is 106 Å². The predicted octanol–water partition coefficient (Wildman–Crippen LogP) is 4.60. The smallest absolute Gasteiger partial charge is 0.0984 e. The lowest BCUT2D eigenvalue weighted by Gasteiger charge is -2.40. The number of nitrogens with zero attached hydrogens (tertiary/aromatic N) is 6. The fraction of sp³-hybridized carbons (Fsp3) is 0.595. The van der Waals surface area contributed by atoms with Gasteiger partial charge in [0, 0.05) is 56.1 Å². The van der Waals surface area contributed by atoms with Gasteiger partial charge >= 0.3 is 0 Å². The lowest BCUT2D eigenvalue weighted by molar-refractivity contribution is -0.0630. The third kappa shape index (κ3) is 9.42. The first kappa shape index (κ1) is 35.8. The molecule has 0 radical (unpaired) electrons. The minimum absolute atomic E-state index is 0.00937. The molecule has 0 aromatic carbocycles. The molecular weight excluding hydrogens is 641 g/mol. The average Bonchev–Trinajstić information content (AvgIpc) is 3.15. The van der Waals surface area contributed by atoms with Crippen molar-refractivity contribution in [3.05, 3.63) is 66.4 Å². The van der Waals surface area contributed by atoms with E-state index in [-0.39, 0.29) is 30.8 Å². The molecule has 6 heterocycles. The van der Waals surface area contributed by atoms with Gasteiger partial charge in [0.25, 0.3) is 0 Å². The van der Waals surface area contributed by atoms with Crippen LogP contribution in [0.1, 0.15) is 50.4 Å². The molecule has 0 spiro atoms. The van der Waals surface area contributed by atoms with E-state index in [1.807, 2.05) is 24.8 Å². The quantitative estimate of drug-likeness (QED) is 0.253. The SMILES string of the molecule is CSc1ccc(N2CCOC(COCC(CC3CN(c4ccc(C(C)C)nc4)C[C@@H](CO)O3)c3ccc(N4CCOC[C@H]4C)cn3)C2)cn1. The van der Waals surface area contributed by atoms with E-state index in [1.165, 1.54) is 0 Å². The van der Waals surface area contributed by atoms with E-state index in [0.29, 0.717) is 51.3 Å². The molecule has 1 N–H and O–H groups in total. The monoisotopic (exact) mass is 692 g/mol. The second kappa shape index (κ2) is 17.3. The Bertz CT molecular complexity index is 1430. The lowest BCUT2D eigenvalue weighted by Crippen LogP contribution is -2.49. The zero-order valence-electron chi connectivity index (χ0n) is 29.3.